The number of hydrogen-bond acceptors (Lipinski definition) is 20. The molecule has 5 aromatic rings. The van der Waals surface area contributed by atoms with Crippen LogP contribution in [-0.4, -0.2) is 94.3 Å². The number of nitrogens with two attached hydrogens (primary N) is 1. The van der Waals surface area contributed by atoms with Crippen LogP contribution in [0.4, 0.5) is 49.5 Å². The monoisotopic (exact) mass is 923 g/mol. The molecular formula is C28H26FN9O16S5. The third-order valence-electron chi connectivity index (χ3n) is 7.28. The highest BCUT2D eigenvalue weighted by Crippen LogP contribution is 2.47. The van der Waals surface area contributed by atoms with E-state index in [1.54, 1.807) is 0 Å². The van der Waals surface area contributed by atoms with Gasteiger partial charge in [0.25, 0.3) is 20.2 Å². The number of fused-ring (bicyclic) bond motifs is 1. The zero-order valence-corrected chi connectivity index (χ0v) is 32.8. The second-order valence-electron chi connectivity index (χ2n) is 11.4. The Kier molecular flexibility index (Phi) is 12.5. The van der Waals surface area contributed by atoms with Gasteiger partial charge in [-0.3, -0.25) is 13.7 Å². The number of nitrogens with one attached hydrogen (secondary N) is 3. The highest BCUT2D eigenvalue weighted by Gasteiger charge is 2.26. The summed E-state index contributed by atoms with van der Waals surface area (Å²) in [5, 5.41) is 14.2. The normalized spacial score (nSPS) is 13.1. The summed E-state index contributed by atoms with van der Waals surface area (Å²) in [4.78, 5) is 19.8. The molecular weight excluding hydrogens is 898 g/mol. The highest BCUT2D eigenvalue weighted by atomic mass is 32.3. The number of nitrogens with zero attached hydrogens (tertiary/aromatic N) is 5. The SMILES string of the molecule is NC(=O)Nc1cc(Nc2nc(F)nc(Nc3ccc(S(=O)(=O)CCOS(=O)(=O)O)cc3)n2)ccc1N=Nc1cc2c(S(=O)(=O)O)cc(S(O)(O)O)cc2cc1S(=O)(=O)O. The molecule has 0 aliphatic carbocycles. The largest absolute Gasteiger partial charge is 0.397 e. The van der Waals surface area contributed by atoms with Gasteiger partial charge in [-0.2, -0.15) is 44.6 Å². The molecule has 0 spiro atoms. The number of azo groups is 1. The topological polar surface area (TPSA) is 410 Å². The van der Waals surface area contributed by atoms with Gasteiger partial charge in [-0.15, -0.1) is 10.2 Å². The number of hydrogen-bond donors (Lipinski definition) is 10. The summed E-state index contributed by atoms with van der Waals surface area (Å²) in [6, 6.07) is 9.84. The van der Waals surface area contributed by atoms with Gasteiger partial charge in [0.05, 0.1) is 27.8 Å². The minimum atomic E-state index is -5.19. The first-order valence-corrected chi connectivity index (χ1v) is 22.7. The van der Waals surface area contributed by atoms with Crippen molar-refractivity contribution in [3.8, 4) is 0 Å². The summed E-state index contributed by atoms with van der Waals surface area (Å²) in [7, 11) is -23.9. The second kappa shape index (κ2) is 16.6. The molecule has 0 atom stereocenters. The molecule has 0 saturated carbocycles. The van der Waals surface area contributed by atoms with Crippen molar-refractivity contribution in [3.63, 3.8) is 0 Å². The zero-order valence-electron chi connectivity index (χ0n) is 28.8. The lowest BCUT2D eigenvalue weighted by Crippen LogP contribution is -2.19. The van der Waals surface area contributed by atoms with Crippen LogP contribution < -0.4 is 21.7 Å². The standard InChI is InChI=1S/C28H26FN9O16S5/c29-25-34-27(31-15-1-4-17(5-2-15)55(40,41)8-7-54-59(51,52)53)36-28(35-25)32-16-3-6-20(21(11-16)33-26(30)39)37-38-22-13-19-14(10-24(22)58(48,49)50)9-18(56(42,43)44)12-23(19)57(45,46)47/h1-6,9-13,42-44H,7-8H2,(H3,30,33,39)(H,45,46,47)(H,48,49,50)(H,51,52,53)(H2,31,32,34,35,36). The van der Waals surface area contributed by atoms with Crippen molar-refractivity contribution in [2.75, 3.05) is 28.3 Å². The molecule has 0 radical (unpaired) electrons. The lowest BCUT2D eigenvalue weighted by atomic mass is 10.1. The Morgan fingerprint density at radius 1 is 0.695 bits per heavy atom. The van der Waals surface area contributed by atoms with Crippen LogP contribution in [0.2, 0.25) is 0 Å². The van der Waals surface area contributed by atoms with Crippen LogP contribution in [-0.2, 0) is 44.7 Å². The van der Waals surface area contributed by atoms with Gasteiger partial charge in [-0.25, -0.2) is 17.4 Å². The van der Waals surface area contributed by atoms with Crippen molar-refractivity contribution in [3.05, 3.63) is 72.8 Å². The number of carbonyl (C=O) groups excluding carboxylic acids is 1. The van der Waals surface area contributed by atoms with E-state index in [4.69, 9.17) is 10.3 Å². The van der Waals surface area contributed by atoms with Gasteiger partial charge in [0.1, 0.15) is 32.0 Å². The smallest absolute Gasteiger partial charge is 0.351 e. The maximum Gasteiger partial charge on any atom is 0.397 e. The number of urea groups is 1. The lowest BCUT2D eigenvalue weighted by molar-refractivity contribution is 0.259. The number of primary amides is 1. The Bertz CT molecular complexity index is 2970. The predicted octanol–water partition coefficient (Wildman–Crippen LogP) is 4.23. The van der Waals surface area contributed by atoms with Crippen molar-refractivity contribution in [1.82, 2.24) is 15.0 Å². The van der Waals surface area contributed by atoms with Gasteiger partial charge in [0.2, 0.25) is 11.9 Å². The molecule has 25 nitrogen and oxygen atoms in total. The van der Waals surface area contributed by atoms with E-state index < -0.39 is 113 Å². The Morgan fingerprint density at radius 3 is 1.83 bits per heavy atom. The number of sulfone groups is 1. The molecule has 11 N–H and O–H groups in total. The van der Waals surface area contributed by atoms with Crippen LogP contribution in [0.5, 0.6) is 0 Å². The molecule has 1 aromatic heterocycles. The fourth-order valence-electron chi connectivity index (χ4n) is 4.85. The van der Waals surface area contributed by atoms with E-state index in [-0.39, 0.29) is 33.6 Å². The van der Waals surface area contributed by atoms with E-state index in [2.05, 4.69) is 45.3 Å². The summed E-state index contributed by atoms with van der Waals surface area (Å²) >= 11 is 0. The van der Waals surface area contributed by atoms with Gasteiger partial charge in [-0.05, 0) is 72.1 Å². The molecule has 4 aromatic carbocycles. The van der Waals surface area contributed by atoms with Gasteiger partial charge in [-0.1, -0.05) is 0 Å². The minimum Gasteiger partial charge on any atom is -0.351 e. The van der Waals surface area contributed by atoms with Crippen LogP contribution in [0.25, 0.3) is 10.8 Å². The molecule has 0 unspecified atom stereocenters. The predicted molar refractivity (Wildman–Crippen MR) is 203 cm³/mol. The van der Waals surface area contributed by atoms with Crippen LogP contribution in [0.1, 0.15) is 0 Å². The number of anilines is 5. The summed E-state index contributed by atoms with van der Waals surface area (Å²) in [5.74, 6) is -1.60. The number of rotatable bonds is 15. The van der Waals surface area contributed by atoms with Gasteiger partial charge in [0, 0.05) is 16.8 Å². The van der Waals surface area contributed by atoms with Gasteiger partial charge >= 0.3 is 22.5 Å². The molecule has 0 fully saturated rings. The van der Waals surface area contributed by atoms with Crippen LogP contribution in [0, 0.1) is 6.08 Å². The van der Waals surface area contributed by atoms with E-state index in [0.29, 0.717) is 12.1 Å². The Labute approximate surface area is 333 Å². The zero-order chi connectivity index (χ0) is 43.7. The van der Waals surface area contributed by atoms with E-state index in [0.717, 1.165) is 36.4 Å². The second-order valence-corrected chi connectivity index (χ2v) is 18.9. The average molecular weight is 924 g/mol. The molecule has 2 amide bonds. The molecule has 316 valence electrons. The molecule has 0 aliphatic heterocycles. The van der Waals surface area contributed by atoms with Crippen molar-refractivity contribution in [1.29, 1.82) is 0 Å². The summed E-state index contributed by atoms with van der Waals surface area (Å²) in [6.45, 7) is -0.852. The number of aromatic nitrogens is 3. The van der Waals surface area contributed by atoms with Crippen LogP contribution in [0.3, 0.4) is 0 Å². The number of benzene rings is 4. The van der Waals surface area contributed by atoms with Crippen LogP contribution in [0.15, 0.2) is 96.5 Å². The highest BCUT2D eigenvalue weighted by molar-refractivity contribution is 8.19. The van der Waals surface area contributed by atoms with E-state index in [1.807, 2.05) is 0 Å². The first-order valence-electron chi connectivity index (χ1n) is 15.3. The molecule has 0 aliphatic rings. The van der Waals surface area contributed by atoms with Crippen molar-refractivity contribution in [2.45, 2.75) is 19.6 Å². The summed E-state index contributed by atoms with van der Waals surface area (Å²) < 4.78 is 171. The van der Waals surface area contributed by atoms with E-state index in [1.165, 1.54) is 18.2 Å². The molecule has 0 bridgehead atoms. The maximum atomic E-state index is 14.5. The van der Waals surface area contributed by atoms with Gasteiger partial charge < -0.3 is 35.3 Å². The number of carbonyl (C=O) groups is 1. The molecule has 59 heavy (non-hydrogen) atoms. The number of halogens is 1. The third-order valence-corrected chi connectivity index (χ3v) is 12.1. The number of amides is 2. The minimum absolute atomic E-state index is 0.0320. The molecule has 1 heterocycles. The fourth-order valence-corrected chi connectivity index (χ4v) is 8.34. The lowest BCUT2D eigenvalue weighted by Gasteiger charge is -2.20. The van der Waals surface area contributed by atoms with Crippen molar-refractivity contribution in [2.24, 2.45) is 16.0 Å². The van der Waals surface area contributed by atoms with E-state index >= 15 is 0 Å². The Hall–Kier alpha value is -5.58. The summed E-state index contributed by atoms with van der Waals surface area (Å²) in [6.07, 6.45) is -1.30. The quantitative estimate of drug-likeness (QED) is 0.0518. The Balaban J connectivity index is 1.44. The maximum absolute atomic E-state index is 14.5. The molecule has 0 saturated heterocycles. The fraction of sp³-hybridized carbons (Fsp3) is 0.0714. The Morgan fingerprint density at radius 2 is 1.27 bits per heavy atom. The van der Waals surface area contributed by atoms with E-state index in [9.17, 15) is 65.6 Å². The first kappa shape index (κ1) is 44.5. The molecule has 31 heteroatoms. The average Bonchev–Trinajstić information content (AvgIpc) is 3.08. The third kappa shape index (κ3) is 11.8. The summed E-state index contributed by atoms with van der Waals surface area (Å²) in [5.41, 5.74) is 4.25. The first-order chi connectivity index (χ1) is 27.2. The van der Waals surface area contributed by atoms with Crippen LogP contribution >= 0.6 is 10.9 Å². The molecule has 5 rings (SSSR count). The van der Waals surface area contributed by atoms with Gasteiger partial charge in [0.15, 0.2) is 9.84 Å². The van der Waals surface area contributed by atoms with Crippen molar-refractivity contribution >= 4 is 108 Å². The van der Waals surface area contributed by atoms with Crippen molar-refractivity contribution < 1.29 is 74.4 Å².